The van der Waals surface area contributed by atoms with Crippen molar-refractivity contribution < 1.29 is 24.2 Å². The standard InChI is InChI=1S/C26H28N2O5S/c1-26(2,3)33-25(31)28-15-13-18(14-16-28)23-27-21(22(34-23)24(29)30)17-9-11-20(12-10-17)32-19-7-5-4-6-8-19/h4-12,18H,13-16H2,1-3H3,(H,29,30). The first kappa shape index (κ1) is 23.8. The fraction of sp³-hybridized carbons (Fsp3) is 0.346. The van der Waals surface area contributed by atoms with E-state index in [0.29, 0.717) is 24.5 Å². The van der Waals surface area contributed by atoms with E-state index < -0.39 is 11.6 Å². The highest BCUT2D eigenvalue weighted by Crippen LogP contribution is 2.37. The molecule has 8 heteroatoms. The molecular formula is C26H28N2O5S. The number of ether oxygens (including phenoxy) is 2. The van der Waals surface area contributed by atoms with E-state index in [0.717, 1.165) is 29.2 Å². The van der Waals surface area contributed by atoms with Crippen molar-refractivity contribution in [3.8, 4) is 22.8 Å². The fourth-order valence-electron chi connectivity index (χ4n) is 3.79. The summed E-state index contributed by atoms with van der Waals surface area (Å²) in [6.45, 7) is 6.67. The van der Waals surface area contributed by atoms with Gasteiger partial charge in [0.2, 0.25) is 0 Å². The number of benzene rings is 2. The minimum atomic E-state index is -0.991. The zero-order chi connectivity index (χ0) is 24.3. The number of aromatic carboxylic acids is 1. The van der Waals surface area contributed by atoms with Gasteiger partial charge in [-0.15, -0.1) is 11.3 Å². The van der Waals surface area contributed by atoms with Crippen molar-refractivity contribution in [3.05, 3.63) is 64.5 Å². The number of rotatable bonds is 5. The number of carboxylic acids is 1. The minimum Gasteiger partial charge on any atom is -0.477 e. The largest absolute Gasteiger partial charge is 0.477 e. The number of piperidine rings is 1. The lowest BCUT2D eigenvalue weighted by atomic mass is 9.98. The quantitative estimate of drug-likeness (QED) is 0.454. The normalized spacial score (nSPS) is 14.6. The molecule has 0 saturated carbocycles. The fourth-order valence-corrected chi connectivity index (χ4v) is 4.89. The van der Waals surface area contributed by atoms with Crippen LogP contribution in [-0.4, -0.2) is 45.7 Å². The Morgan fingerprint density at radius 2 is 1.62 bits per heavy atom. The van der Waals surface area contributed by atoms with Crippen LogP contribution in [0.2, 0.25) is 0 Å². The van der Waals surface area contributed by atoms with Crippen LogP contribution in [0.1, 0.15) is 54.2 Å². The van der Waals surface area contributed by atoms with Gasteiger partial charge in [0.15, 0.2) is 0 Å². The molecule has 0 spiro atoms. The number of likely N-dealkylation sites (tertiary alicyclic amines) is 1. The van der Waals surface area contributed by atoms with E-state index >= 15 is 0 Å². The Morgan fingerprint density at radius 3 is 2.21 bits per heavy atom. The number of aromatic nitrogens is 1. The van der Waals surface area contributed by atoms with Crippen LogP contribution < -0.4 is 4.74 Å². The number of nitrogens with zero attached hydrogens (tertiary/aromatic N) is 2. The molecule has 2 heterocycles. The molecule has 1 saturated heterocycles. The highest BCUT2D eigenvalue weighted by atomic mass is 32.1. The van der Waals surface area contributed by atoms with E-state index in [2.05, 4.69) is 0 Å². The number of hydrogen-bond acceptors (Lipinski definition) is 6. The zero-order valence-corrected chi connectivity index (χ0v) is 20.3. The maximum absolute atomic E-state index is 12.3. The second kappa shape index (κ2) is 9.85. The van der Waals surface area contributed by atoms with Gasteiger partial charge in [0.1, 0.15) is 22.0 Å². The number of amides is 1. The Hall–Kier alpha value is -3.39. The van der Waals surface area contributed by atoms with Gasteiger partial charge in [0.25, 0.3) is 0 Å². The Labute approximate surface area is 203 Å². The monoisotopic (exact) mass is 480 g/mol. The molecule has 0 radical (unpaired) electrons. The summed E-state index contributed by atoms with van der Waals surface area (Å²) in [7, 11) is 0. The molecule has 178 valence electrons. The first-order chi connectivity index (χ1) is 16.2. The maximum atomic E-state index is 12.3. The third-order valence-electron chi connectivity index (χ3n) is 5.44. The van der Waals surface area contributed by atoms with Gasteiger partial charge in [-0.2, -0.15) is 0 Å². The Kier molecular flexibility index (Phi) is 6.88. The maximum Gasteiger partial charge on any atom is 0.410 e. The molecule has 1 fully saturated rings. The van der Waals surface area contributed by atoms with Crippen LogP contribution in [0, 0.1) is 0 Å². The molecule has 1 N–H and O–H groups in total. The van der Waals surface area contributed by atoms with Crippen LogP contribution in [0.4, 0.5) is 4.79 Å². The second-order valence-corrected chi connectivity index (χ2v) is 10.2. The number of para-hydroxylation sites is 1. The molecule has 2 aromatic carbocycles. The molecule has 0 unspecified atom stereocenters. The Morgan fingerprint density at radius 1 is 1.00 bits per heavy atom. The summed E-state index contributed by atoms with van der Waals surface area (Å²) in [6.07, 6.45) is 1.12. The topological polar surface area (TPSA) is 89.0 Å². The summed E-state index contributed by atoms with van der Waals surface area (Å²) >= 11 is 1.22. The number of hydrogen-bond donors (Lipinski definition) is 1. The molecule has 1 aromatic heterocycles. The van der Waals surface area contributed by atoms with Gasteiger partial charge in [-0.1, -0.05) is 18.2 Å². The number of thiazole rings is 1. The summed E-state index contributed by atoms with van der Waals surface area (Å²) < 4.78 is 11.3. The van der Waals surface area contributed by atoms with E-state index in [9.17, 15) is 14.7 Å². The summed E-state index contributed by atoms with van der Waals surface area (Å²) in [4.78, 5) is 30.9. The van der Waals surface area contributed by atoms with Gasteiger partial charge >= 0.3 is 12.1 Å². The molecule has 7 nitrogen and oxygen atoms in total. The van der Waals surface area contributed by atoms with Gasteiger partial charge in [-0.25, -0.2) is 14.6 Å². The first-order valence-corrected chi connectivity index (χ1v) is 12.1. The number of carbonyl (C=O) groups is 2. The van der Waals surface area contributed by atoms with Crippen molar-refractivity contribution in [2.45, 2.75) is 45.1 Å². The molecule has 3 aromatic rings. The summed E-state index contributed by atoms with van der Waals surface area (Å²) in [6, 6.07) is 16.7. The molecule has 1 aliphatic heterocycles. The lowest BCUT2D eigenvalue weighted by molar-refractivity contribution is 0.0204. The van der Waals surface area contributed by atoms with E-state index in [1.165, 1.54) is 11.3 Å². The molecule has 0 bridgehead atoms. The van der Waals surface area contributed by atoms with Crippen LogP contribution in [0.15, 0.2) is 54.6 Å². The van der Waals surface area contributed by atoms with E-state index in [-0.39, 0.29) is 16.9 Å². The second-order valence-electron chi connectivity index (χ2n) is 9.22. The van der Waals surface area contributed by atoms with Crippen molar-refractivity contribution in [3.63, 3.8) is 0 Å². The van der Waals surface area contributed by atoms with Crippen LogP contribution in [-0.2, 0) is 4.74 Å². The van der Waals surface area contributed by atoms with Crippen molar-refractivity contribution in [1.82, 2.24) is 9.88 Å². The molecule has 4 rings (SSSR count). The van der Waals surface area contributed by atoms with Gasteiger partial charge in [-0.05, 0) is 70.0 Å². The molecule has 0 aliphatic carbocycles. The van der Waals surface area contributed by atoms with Crippen LogP contribution in [0.5, 0.6) is 11.5 Å². The van der Waals surface area contributed by atoms with E-state index in [4.69, 9.17) is 14.5 Å². The Balaban J connectivity index is 1.47. The van der Waals surface area contributed by atoms with Crippen molar-refractivity contribution >= 4 is 23.4 Å². The Bertz CT molecular complexity index is 1140. The van der Waals surface area contributed by atoms with Crippen molar-refractivity contribution in [1.29, 1.82) is 0 Å². The zero-order valence-electron chi connectivity index (χ0n) is 19.5. The summed E-state index contributed by atoms with van der Waals surface area (Å²) in [5.41, 5.74) is 0.663. The third-order valence-corrected chi connectivity index (χ3v) is 6.65. The van der Waals surface area contributed by atoms with Crippen LogP contribution >= 0.6 is 11.3 Å². The minimum absolute atomic E-state index is 0.108. The molecular weight excluding hydrogens is 452 g/mol. The molecule has 1 amide bonds. The average Bonchev–Trinajstić information content (AvgIpc) is 3.25. The van der Waals surface area contributed by atoms with E-state index in [1.807, 2.05) is 75.4 Å². The van der Waals surface area contributed by atoms with Gasteiger partial charge in [0, 0.05) is 24.6 Å². The van der Waals surface area contributed by atoms with Crippen LogP contribution in [0.25, 0.3) is 11.3 Å². The predicted molar refractivity (Wildman–Crippen MR) is 131 cm³/mol. The molecule has 1 aliphatic rings. The lowest BCUT2D eigenvalue weighted by Crippen LogP contribution is -2.41. The van der Waals surface area contributed by atoms with E-state index in [1.54, 1.807) is 4.90 Å². The smallest absolute Gasteiger partial charge is 0.410 e. The first-order valence-electron chi connectivity index (χ1n) is 11.2. The highest BCUT2D eigenvalue weighted by molar-refractivity contribution is 7.14. The number of carbonyl (C=O) groups excluding carboxylic acids is 1. The summed E-state index contributed by atoms with van der Waals surface area (Å²) in [5.74, 6) is 0.512. The van der Waals surface area contributed by atoms with Crippen molar-refractivity contribution in [2.75, 3.05) is 13.1 Å². The van der Waals surface area contributed by atoms with Crippen LogP contribution in [0.3, 0.4) is 0 Å². The summed E-state index contributed by atoms with van der Waals surface area (Å²) in [5, 5.41) is 10.6. The lowest BCUT2D eigenvalue weighted by Gasteiger charge is -2.32. The SMILES string of the molecule is CC(C)(C)OC(=O)N1CCC(c2nc(-c3ccc(Oc4ccccc4)cc3)c(C(=O)O)s2)CC1. The highest BCUT2D eigenvalue weighted by Gasteiger charge is 2.30. The number of carboxylic acid groups (broad SMARTS) is 1. The van der Waals surface area contributed by atoms with Gasteiger partial charge in [0.05, 0.1) is 10.7 Å². The molecule has 0 atom stereocenters. The third kappa shape index (κ3) is 5.75. The van der Waals surface area contributed by atoms with Crippen molar-refractivity contribution in [2.24, 2.45) is 0 Å². The molecule has 34 heavy (non-hydrogen) atoms. The average molecular weight is 481 g/mol. The van der Waals surface area contributed by atoms with Gasteiger partial charge in [-0.3, -0.25) is 0 Å². The predicted octanol–water partition coefficient (Wildman–Crippen LogP) is 6.42. The van der Waals surface area contributed by atoms with Gasteiger partial charge < -0.3 is 19.5 Å².